The largest absolute Gasteiger partial charge is 0.311 e. The zero-order valence-electron chi connectivity index (χ0n) is 16.9. The third-order valence-electron chi connectivity index (χ3n) is 4.38. The number of nitriles is 1. The van der Waals surface area contributed by atoms with Gasteiger partial charge in [-0.15, -0.1) is 0 Å². The van der Waals surface area contributed by atoms with Gasteiger partial charge in [0.05, 0.1) is 23.3 Å². The molecule has 0 bridgehead atoms. The Morgan fingerprint density at radius 1 is 1.17 bits per heavy atom. The number of hydrogen-bond acceptors (Lipinski definition) is 6. The third-order valence-corrected chi connectivity index (χ3v) is 7.11. The van der Waals surface area contributed by atoms with Crippen LogP contribution in [0, 0.1) is 25.2 Å². The molecule has 0 aliphatic carbocycles. The zero-order chi connectivity index (χ0) is 21.6. The average molecular weight is 433 g/mol. The Kier molecular flexibility index (Phi) is 7.79. The van der Waals surface area contributed by atoms with E-state index in [9.17, 15) is 13.2 Å². The smallest absolute Gasteiger partial charge is 0.244 e. The van der Waals surface area contributed by atoms with Crippen LogP contribution in [0.25, 0.3) is 0 Å². The molecule has 0 unspecified atom stereocenters. The molecule has 0 atom stereocenters. The number of rotatable bonds is 8. The van der Waals surface area contributed by atoms with Gasteiger partial charge in [0, 0.05) is 32.5 Å². The molecular weight excluding hydrogens is 408 g/mol. The van der Waals surface area contributed by atoms with E-state index >= 15 is 0 Å². The summed E-state index contributed by atoms with van der Waals surface area (Å²) in [5.74, 6) is -0.00853. The van der Waals surface area contributed by atoms with E-state index in [1.54, 1.807) is 11.0 Å². The Bertz CT molecular complexity index is 1010. The van der Waals surface area contributed by atoms with Crippen molar-refractivity contribution >= 4 is 33.4 Å². The van der Waals surface area contributed by atoms with Crippen molar-refractivity contribution < 1.29 is 13.2 Å². The average Bonchev–Trinajstić information content (AvgIpc) is 2.69. The van der Waals surface area contributed by atoms with Crippen LogP contribution in [0.2, 0.25) is 0 Å². The molecule has 2 aromatic rings. The van der Waals surface area contributed by atoms with E-state index < -0.39 is 10.0 Å². The van der Waals surface area contributed by atoms with Gasteiger partial charge in [-0.25, -0.2) is 17.7 Å². The second kappa shape index (κ2) is 9.87. The normalized spacial score (nSPS) is 11.3. The second-order valence-electron chi connectivity index (χ2n) is 6.63. The van der Waals surface area contributed by atoms with Crippen molar-refractivity contribution in [2.24, 2.45) is 0 Å². The molecule has 0 N–H and O–H groups in total. The van der Waals surface area contributed by atoms with E-state index in [0.717, 1.165) is 21.1 Å². The van der Waals surface area contributed by atoms with Crippen LogP contribution in [0.1, 0.15) is 17.5 Å². The summed E-state index contributed by atoms with van der Waals surface area (Å²) in [5.41, 5.74) is 2.96. The van der Waals surface area contributed by atoms with E-state index in [4.69, 9.17) is 5.26 Å². The maximum absolute atomic E-state index is 12.8. The molecule has 0 aliphatic heterocycles. The van der Waals surface area contributed by atoms with Gasteiger partial charge in [-0.3, -0.25) is 4.79 Å². The molecule has 0 fully saturated rings. The number of nitrogens with zero attached hydrogens (tertiary/aromatic N) is 4. The Morgan fingerprint density at radius 2 is 1.90 bits per heavy atom. The molecule has 2 rings (SSSR count). The molecule has 0 spiro atoms. The highest BCUT2D eigenvalue weighted by Crippen LogP contribution is 2.23. The molecule has 7 nitrogen and oxygen atoms in total. The number of sulfonamides is 1. The number of carbonyl (C=O) groups is 1. The van der Waals surface area contributed by atoms with Gasteiger partial charge in [0.2, 0.25) is 15.9 Å². The van der Waals surface area contributed by atoms with E-state index in [-0.39, 0.29) is 23.0 Å². The number of pyridine rings is 1. The van der Waals surface area contributed by atoms with Gasteiger partial charge in [-0.05, 0) is 49.2 Å². The van der Waals surface area contributed by atoms with Crippen LogP contribution in [0.5, 0.6) is 0 Å². The predicted molar refractivity (Wildman–Crippen MR) is 114 cm³/mol. The first-order chi connectivity index (χ1) is 13.7. The van der Waals surface area contributed by atoms with Crippen molar-refractivity contribution in [2.45, 2.75) is 30.2 Å². The zero-order valence-corrected chi connectivity index (χ0v) is 18.5. The lowest BCUT2D eigenvalue weighted by Gasteiger charge is -2.22. The summed E-state index contributed by atoms with van der Waals surface area (Å²) in [6.45, 7) is 4.29. The SMILES string of the molecule is Cc1ccc(N(CCC#N)C(=O)CSc2ccc(S(=O)(=O)N(C)C)cn2)cc1C. The third kappa shape index (κ3) is 5.79. The maximum Gasteiger partial charge on any atom is 0.244 e. The first-order valence-electron chi connectivity index (χ1n) is 8.92. The van der Waals surface area contributed by atoms with Crippen LogP contribution in [-0.4, -0.2) is 50.0 Å². The second-order valence-corrected chi connectivity index (χ2v) is 9.78. The van der Waals surface area contributed by atoms with Gasteiger partial charge in [-0.2, -0.15) is 5.26 Å². The van der Waals surface area contributed by atoms with Crippen LogP contribution < -0.4 is 4.90 Å². The van der Waals surface area contributed by atoms with E-state index in [1.807, 2.05) is 32.0 Å². The lowest BCUT2D eigenvalue weighted by atomic mass is 10.1. The van der Waals surface area contributed by atoms with Gasteiger partial charge < -0.3 is 4.90 Å². The number of aryl methyl sites for hydroxylation is 2. The molecule has 1 aromatic heterocycles. The molecule has 154 valence electrons. The Hall–Kier alpha value is -2.41. The number of thioether (sulfide) groups is 1. The van der Waals surface area contributed by atoms with Crippen molar-refractivity contribution in [3.63, 3.8) is 0 Å². The van der Waals surface area contributed by atoms with E-state index in [0.29, 0.717) is 11.6 Å². The minimum absolute atomic E-state index is 0.101. The van der Waals surface area contributed by atoms with Gasteiger partial charge in [-0.1, -0.05) is 17.8 Å². The van der Waals surface area contributed by atoms with Gasteiger partial charge in [0.1, 0.15) is 4.90 Å². The standard InChI is InChI=1S/C20H24N4O3S2/c1-15-6-7-17(12-16(15)2)24(11-5-10-21)20(25)14-28-19-9-8-18(13-22-19)29(26,27)23(3)4/h6-9,12-13H,5,11,14H2,1-4H3. The topological polar surface area (TPSA) is 94.4 Å². The Morgan fingerprint density at radius 3 is 2.45 bits per heavy atom. The number of anilines is 1. The summed E-state index contributed by atoms with van der Waals surface area (Å²) in [4.78, 5) is 18.7. The Balaban J connectivity index is 2.11. The highest BCUT2D eigenvalue weighted by atomic mass is 32.2. The number of amides is 1. The van der Waals surface area contributed by atoms with Crippen molar-refractivity contribution in [3.8, 4) is 6.07 Å². The van der Waals surface area contributed by atoms with Gasteiger partial charge in [0.15, 0.2) is 0 Å². The quantitative estimate of drug-likeness (QED) is 0.595. The molecule has 1 heterocycles. The van der Waals surface area contributed by atoms with Crippen molar-refractivity contribution in [1.29, 1.82) is 5.26 Å². The van der Waals surface area contributed by atoms with Crippen LogP contribution in [-0.2, 0) is 14.8 Å². The number of aromatic nitrogens is 1. The molecule has 0 radical (unpaired) electrons. The van der Waals surface area contributed by atoms with Crippen molar-refractivity contribution in [2.75, 3.05) is 31.3 Å². The predicted octanol–water partition coefficient (Wildman–Crippen LogP) is 2.99. The summed E-state index contributed by atoms with van der Waals surface area (Å²) in [6, 6.07) is 10.9. The summed E-state index contributed by atoms with van der Waals surface area (Å²) in [6.07, 6.45) is 1.53. The first-order valence-corrected chi connectivity index (χ1v) is 11.4. The molecule has 1 amide bonds. The van der Waals surface area contributed by atoms with Crippen LogP contribution in [0.4, 0.5) is 5.69 Å². The number of benzene rings is 1. The fraction of sp³-hybridized carbons (Fsp3) is 0.350. The fourth-order valence-electron chi connectivity index (χ4n) is 2.48. The molecule has 29 heavy (non-hydrogen) atoms. The van der Waals surface area contributed by atoms with Crippen molar-refractivity contribution in [3.05, 3.63) is 47.7 Å². The fourth-order valence-corrected chi connectivity index (χ4v) is 4.05. The van der Waals surface area contributed by atoms with E-state index in [1.165, 1.54) is 38.1 Å². The van der Waals surface area contributed by atoms with Crippen LogP contribution >= 0.6 is 11.8 Å². The molecule has 9 heteroatoms. The minimum atomic E-state index is -3.54. The summed E-state index contributed by atoms with van der Waals surface area (Å²) in [5, 5.41) is 9.48. The Labute approximate surface area is 176 Å². The lowest BCUT2D eigenvalue weighted by Crippen LogP contribution is -2.33. The summed E-state index contributed by atoms with van der Waals surface area (Å²) in [7, 11) is -0.621. The van der Waals surface area contributed by atoms with Crippen molar-refractivity contribution in [1.82, 2.24) is 9.29 Å². The molecular formula is C20H24N4O3S2. The molecule has 0 saturated heterocycles. The maximum atomic E-state index is 12.8. The lowest BCUT2D eigenvalue weighted by molar-refractivity contribution is -0.116. The molecule has 1 aromatic carbocycles. The summed E-state index contributed by atoms with van der Waals surface area (Å²) < 4.78 is 25.3. The van der Waals surface area contributed by atoms with Crippen LogP contribution in [0.15, 0.2) is 46.5 Å². The van der Waals surface area contributed by atoms with E-state index in [2.05, 4.69) is 11.1 Å². The molecule has 0 aliphatic rings. The molecule has 0 saturated carbocycles. The number of carbonyl (C=O) groups excluding carboxylic acids is 1. The highest BCUT2D eigenvalue weighted by molar-refractivity contribution is 7.99. The van der Waals surface area contributed by atoms with Gasteiger partial charge >= 0.3 is 0 Å². The van der Waals surface area contributed by atoms with Gasteiger partial charge in [0.25, 0.3) is 0 Å². The summed E-state index contributed by atoms with van der Waals surface area (Å²) >= 11 is 1.23. The monoisotopic (exact) mass is 432 g/mol. The van der Waals surface area contributed by atoms with Crippen LogP contribution in [0.3, 0.4) is 0 Å². The highest BCUT2D eigenvalue weighted by Gasteiger charge is 2.19. The minimum Gasteiger partial charge on any atom is -0.311 e. The first kappa shape index (κ1) is 22.9. The number of hydrogen-bond donors (Lipinski definition) is 0.